The van der Waals surface area contributed by atoms with E-state index >= 15 is 0 Å². The van der Waals surface area contributed by atoms with Gasteiger partial charge in [0.2, 0.25) is 0 Å². The molecule has 142 valence electrons. The Hall–Kier alpha value is -3.01. The summed E-state index contributed by atoms with van der Waals surface area (Å²) in [6.45, 7) is 5.96. The molecule has 0 unspecified atom stereocenters. The lowest BCUT2D eigenvalue weighted by atomic mass is 9.93. The Morgan fingerprint density at radius 2 is 1.70 bits per heavy atom. The van der Waals surface area contributed by atoms with Gasteiger partial charge in [0, 0.05) is 11.6 Å². The second-order valence-corrected chi connectivity index (χ2v) is 6.24. The Balaban J connectivity index is 2.69. The van der Waals surface area contributed by atoms with E-state index in [1.807, 2.05) is 49.4 Å². The number of allylic oxidation sites excluding steroid dienone is 1. The van der Waals surface area contributed by atoms with Crippen LogP contribution in [-0.4, -0.2) is 27.3 Å². The number of ether oxygens (including phenoxy) is 3. The quantitative estimate of drug-likeness (QED) is 0.367. The summed E-state index contributed by atoms with van der Waals surface area (Å²) >= 11 is 0. The fourth-order valence-corrected chi connectivity index (χ4v) is 2.87. The lowest BCUT2D eigenvalue weighted by Gasteiger charge is -2.18. The summed E-state index contributed by atoms with van der Waals surface area (Å²) < 4.78 is 16.1. The largest absolute Gasteiger partial charge is 0.496 e. The van der Waals surface area contributed by atoms with Crippen molar-refractivity contribution in [2.24, 2.45) is 0 Å². The minimum atomic E-state index is -0.446. The van der Waals surface area contributed by atoms with E-state index in [1.54, 1.807) is 13.2 Å². The van der Waals surface area contributed by atoms with E-state index in [0.29, 0.717) is 23.5 Å². The van der Waals surface area contributed by atoms with E-state index in [1.165, 1.54) is 14.2 Å². The maximum atomic E-state index is 12.5. The Labute approximate surface area is 161 Å². The Morgan fingerprint density at radius 1 is 1.04 bits per heavy atom. The van der Waals surface area contributed by atoms with Crippen LogP contribution in [0.5, 0.6) is 11.5 Å². The highest BCUT2D eigenvalue weighted by Crippen LogP contribution is 2.36. The van der Waals surface area contributed by atoms with E-state index in [-0.39, 0.29) is 0 Å². The summed E-state index contributed by atoms with van der Waals surface area (Å²) in [7, 11) is 4.51. The van der Waals surface area contributed by atoms with Crippen molar-refractivity contribution in [3.8, 4) is 11.5 Å². The van der Waals surface area contributed by atoms with E-state index in [2.05, 4.69) is 6.58 Å². The van der Waals surface area contributed by atoms with Crippen LogP contribution in [-0.2, 0) is 11.2 Å². The lowest BCUT2D eigenvalue weighted by Crippen LogP contribution is -2.10. The van der Waals surface area contributed by atoms with Gasteiger partial charge in [0.05, 0.1) is 21.3 Å². The zero-order valence-corrected chi connectivity index (χ0v) is 16.4. The van der Waals surface area contributed by atoms with E-state index in [0.717, 1.165) is 28.7 Å². The number of benzene rings is 2. The summed E-state index contributed by atoms with van der Waals surface area (Å²) in [6, 6.07) is 11.6. The SMILES string of the molecule is C=C(C)CCc1c(OC)cc(OC)c(C(=O)OC)c1C=Cc1ccccc1. The van der Waals surface area contributed by atoms with Crippen molar-refractivity contribution in [3.05, 3.63) is 70.8 Å². The number of hydrogen-bond donors (Lipinski definition) is 0. The molecule has 0 spiro atoms. The molecule has 0 amide bonds. The number of hydrogen-bond acceptors (Lipinski definition) is 4. The highest BCUT2D eigenvalue weighted by atomic mass is 16.5. The zero-order valence-electron chi connectivity index (χ0n) is 16.4. The van der Waals surface area contributed by atoms with Crippen LogP contribution in [0.2, 0.25) is 0 Å². The predicted octanol–water partition coefficient (Wildman–Crippen LogP) is 5.17. The van der Waals surface area contributed by atoms with Gasteiger partial charge >= 0.3 is 5.97 Å². The summed E-state index contributed by atoms with van der Waals surface area (Å²) in [5.41, 5.74) is 4.15. The van der Waals surface area contributed by atoms with Crippen molar-refractivity contribution in [1.29, 1.82) is 0 Å². The van der Waals surface area contributed by atoms with Crippen molar-refractivity contribution in [2.45, 2.75) is 19.8 Å². The molecule has 0 bridgehead atoms. The van der Waals surface area contributed by atoms with Crippen molar-refractivity contribution >= 4 is 18.1 Å². The molecule has 0 aliphatic carbocycles. The summed E-state index contributed by atoms with van der Waals surface area (Å²) in [5.74, 6) is 0.651. The minimum absolute atomic E-state index is 0.393. The monoisotopic (exact) mass is 366 g/mol. The molecule has 4 heteroatoms. The molecule has 0 saturated heterocycles. The summed E-state index contributed by atoms with van der Waals surface area (Å²) in [5, 5.41) is 0. The zero-order chi connectivity index (χ0) is 19.8. The second kappa shape index (κ2) is 9.62. The number of rotatable bonds is 8. The summed E-state index contributed by atoms with van der Waals surface area (Å²) in [6.07, 6.45) is 5.36. The Kier molecular flexibility index (Phi) is 7.24. The van der Waals surface area contributed by atoms with Crippen LogP contribution in [0.1, 0.15) is 40.4 Å². The summed E-state index contributed by atoms with van der Waals surface area (Å²) in [4.78, 5) is 12.5. The molecule has 0 saturated carbocycles. The van der Waals surface area contributed by atoms with Crippen LogP contribution in [0.25, 0.3) is 12.2 Å². The van der Waals surface area contributed by atoms with Crippen LogP contribution in [0.4, 0.5) is 0 Å². The van der Waals surface area contributed by atoms with Gasteiger partial charge in [-0.2, -0.15) is 0 Å². The molecule has 2 aromatic rings. The van der Waals surface area contributed by atoms with E-state index in [4.69, 9.17) is 14.2 Å². The average Bonchev–Trinajstić information content (AvgIpc) is 2.69. The smallest absolute Gasteiger partial charge is 0.342 e. The number of carbonyl (C=O) groups excluding carboxylic acids is 1. The van der Waals surface area contributed by atoms with E-state index < -0.39 is 5.97 Å². The molecular weight excluding hydrogens is 340 g/mol. The molecule has 0 aliphatic heterocycles. The molecule has 0 radical (unpaired) electrons. The van der Waals surface area contributed by atoms with Gasteiger partial charge in [0.25, 0.3) is 0 Å². The van der Waals surface area contributed by atoms with Gasteiger partial charge in [-0.1, -0.05) is 48.1 Å². The first-order valence-electron chi connectivity index (χ1n) is 8.75. The topological polar surface area (TPSA) is 44.8 Å². The molecule has 0 fully saturated rings. The maximum absolute atomic E-state index is 12.5. The second-order valence-electron chi connectivity index (χ2n) is 6.24. The molecule has 0 aliphatic rings. The molecule has 0 aromatic heterocycles. The van der Waals surface area contributed by atoms with Gasteiger partial charge in [-0.25, -0.2) is 4.79 Å². The third-order valence-corrected chi connectivity index (χ3v) is 4.27. The minimum Gasteiger partial charge on any atom is -0.496 e. The Bertz CT molecular complexity index is 835. The molecule has 2 aromatic carbocycles. The number of carbonyl (C=O) groups is 1. The van der Waals surface area contributed by atoms with Crippen LogP contribution >= 0.6 is 0 Å². The van der Waals surface area contributed by atoms with Gasteiger partial charge in [-0.15, -0.1) is 6.58 Å². The van der Waals surface area contributed by atoms with Crippen LogP contribution in [0, 0.1) is 0 Å². The number of methoxy groups -OCH3 is 3. The van der Waals surface area contributed by atoms with Crippen LogP contribution in [0.3, 0.4) is 0 Å². The van der Waals surface area contributed by atoms with Gasteiger partial charge in [-0.3, -0.25) is 0 Å². The highest BCUT2D eigenvalue weighted by Gasteiger charge is 2.23. The lowest BCUT2D eigenvalue weighted by molar-refractivity contribution is 0.0596. The van der Waals surface area contributed by atoms with Gasteiger partial charge in [-0.05, 0) is 30.9 Å². The molecule has 0 heterocycles. The van der Waals surface area contributed by atoms with E-state index in [9.17, 15) is 4.79 Å². The van der Waals surface area contributed by atoms with Gasteiger partial charge in [0.1, 0.15) is 17.1 Å². The van der Waals surface area contributed by atoms with Crippen molar-refractivity contribution in [1.82, 2.24) is 0 Å². The molecular formula is C23H26O4. The van der Waals surface area contributed by atoms with Crippen molar-refractivity contribution in [2.75, 3.05) is 21.3 Å². The molecule has 2 rings (SSSR count). The molecule has 0 N–H and O–H groups in total. The van der Waals surface area contributed by atoms with Crippen LogP contribution < -0.4 is 9.47 Å². The van der Waals surface area contributed by atoms with Crippen molar-refractivity contribution < 1.29 is 19.0 Å². The first kappa shape index (κ1) is 20.3. The molecule has 4 nitrogen and oxygen atoms in total. The Morgan fingerprint density at radius 3 is 2.26 bits per heavy atom. The molecule has 27 heavy (non-hydrogen) atoms. The average molecular weight is 366 g/mol. The fourth-order valence-electron chi connectivity index (χ4n) is 2.87. The fraction of sp³-hybridized carbons (Fsp3) is 0.261. The molecule has 0 atom stereocenters. The van der Waals surface area contributed by atoms with Crippen molar-refractivity contribution in [3.63, 3.8) is 0 Å². The van der Waals surface area contributed by atoms with Crippen LogP contribution in [0.15, 0.2) is 48.6 Å². The third-order valence-electron chi connectivity index (χ3n) is 4.27. The number of esters is 1. The third kappa shape index (κ3) is 5.00. The van der Waals surface area contributed by atoms with Gasteiger partial charge in [0.15, 0.2) is 0 Å². The standard InChI is InChI=1S/C23H26O4/c1-16(2)11-13-18-19(14-12-17-9-7-6-8-10-17)22(23(24)27-5)21(26-4)15-20(18)25-3/h6-10,12,14-15H,1,11,13H2,2-5H3. The first-order chi connectivity index (χ1) is 13.0. The maximum Gasteiger partial charge on any atom is 0.342 e. The predicted molar refractivity (Wildman–Crippen MR) is 109 cm³/mol. The first-order valence-corrected chi connectivity index (χ1v) is 8.75. The normalized spacial score (nSPS) is 10.7. The highest BCUT2D eigenvalue weighted by molar-refractivity contribution is 5.99. The van der Waals surface area contributed by atoms with Gasteiger partial charge < -0.3 is 14.2 Å².